The van der Waals surface area contributed by atoms with Crippen LogP contribution in [0.5, 0.6) is 0 Å². The second kappa shape index (κ2) is 8.69. The number of aromatic nitrogens is 1. The predicted molar refractivity (Wildman–Crippen MR) is 101 cm³/mol. The Hall–Kier alpha value is -3.16. The van der Waals surface area contributed by atoms with Gasteiger partial charge in [0.1, 0.15) is 11.9 Å². The minimum atomic E-state index is -0.708. The van der Waals surface area contributed by atoms with Gasteiger partial charge in [0.15, 0.2) is 0 Å². The van der Waals surface area contributed by atoms with Crippen LogP contribution in [-0.2, 0) is 29.6 Å². The Labute approximate surface area is 162 Å². The van der Waals surface area contributed by atoms with E-state index in [0.717, 1.165) is 10.6 Å². The summed E-state index contributed by atoms with van der Waals surface area (Å²) >= 11 is 0. The van der Waals surface area contributed by atoms with Crippen molar-refractivity contribution in [3.05, 3.63) is 59.7 Å². The largest absolute Gasteiger partial charge is 0.353 e. The van der Waals surface area contributed by atoms with Gasteiger partial charge in [-0.05, 0) is 42.7 Å². The third-order valence-corrected chi connectivity index (χ3v) is 4.80. The Morgan fingerprint density at radius 3 is 2.79 bits per heavy atom. The number of imide groups is 1. The molecule has 1 saturated heterocycles. The minimum Gasteiger partial charge on any atom is -0.353 e. The van der Waals surface area contributed by atoms with E-state index in [1.54, 1.807) is 12.1 Å². The van der Waals surface area contributed by atoms with E-state index < -0.39 is 12.1 Å². The number of carbonyl (C=O) groups is 3. The molecule has 0 aliphatic carbocycles. The fourth-order valence-corrected chi connectivity index (χ4v) is 3.15. The third kappa shape index (κ3) is 4.76. The lowest BCUT2D eigenvalue weighted by Crippen LogP contribution is -2.34. The Balaban J connectivity index is 1.45. The van der Waals surface area contributed by atoms with Crippen LogP contribution >= 0.6 is 0 Å². The molecule has 148 valence electrons. The first-order valence-corrected chi connectivity index (χ1v) is 9.17. The quantitative estimate of drug-likeness (QED) is 0.678. The summed E-state index contributed by atoms with van der Waals surface area (Å²) in [5.74, 6) is -0.882. The number of urea groups is 1. The molecule has 1 fully saturated rings. The molecule has 0 saturated carbocycles. The van der Waals surface area contributed by atoms with Crippen LogP contribution in [0.2, 0.25) is 0 Å². The van der Waals surface area contributed by atoms with Gasteiger partial charge in [-0.2, -0.15) is 0 Å². The Morgan fingerprint density at radius 1 is 1.25 bits per heavy atom. The number of hydrogen-bond donors (Lipinski definition) is 2. The zero-order valence-corrected chi connectivity index (χ0v) is 15.7. The number of carbonyl (C=O) groups excluding carboxylic acids is 3. The summed E-state index contributed by atoms with van der Waals surface area (Å²) in [7, 11) is 1.90. The molecule has 1 aromatic carbocycles. The van der Waals surface area contributed by atoms with Crippen molar-refractivity contribution in [2.45, 2.75) is 31.8 Å². The zero-order chi connectivity index (χ0) is 20.1. The first-order valence-electron chi connectivity index (χ1n) is 9.17. The van der Waals surface area contributed by atoms with E-state index in [-0.39, 0.29) is 37.0 Å². The fourth-order valence-electron chi connectivity index (χ4n) is 3.15. The SMILES string of the molecule is Cn1cccc1CNC(=O)CC[C@@H]1NC(=O)N(CCc2cccc(F)c2)C1=O. The maximum atomic E-state index is 13.2. The monoisotopic (exact) mass is 386 g/mol. The van der Waals surface area contributed by atoms with Crippen molar-refractivity contribution in [3.63, 3.8) is 0 Å². The van der Waals surface area contributed by atoms with Gasteiger partial charge in [0, 0.05) is 31.9 Å². The average Bonchev–Trinajstić information content (AvgIpc) is 3.19. The Bertz CT molecular complexity index is 880. The van der Waals surface area contributed by atoms with E-state index in [0.29, 0.717) is 18.5 Å². The summed E-state index contributed by atoms with van der Waals surface area (Å²) in [6.07, 6.45) is 2.65. The maximum absolute atomic E-state index is 13.2. The molecule has 1 aliphatic rings. The van der Waals surface area contributed by atoms with Crippen LogP contribution in [0.15, 0.2) is 42.6 Å². The van der Waals surface area contributed by atoms with Crippen LogP contribution in [0, 0.1) is 5.82 Å². The number of nitrogens with one attached hydrogen (secondary N) is 2. The molecule has 28 heavy (non-hydrogen) atoms. The van der Waals surface area contributed by atoms with Crippen LogP contribution in [-0.4, -0.2) is 39.9 Å². The summed E-state index contributed by atoms with van der Waals surface area (Å²) in [6, 6.07) is 8.69. The zero-order valence-electron chi connectivity index (χ0n) is 15.7. The van der Waals surface area contributed by atoms with Crippen molar-refractivity contribution < 1.29 is 18.8 Å². The molecule has 0 spiro atoms. The predicted octanol–water partition coefficient (Wildman–Crippen LogP) is 1.72. The van der Waals surface area contributed by atoms with Gasteiger partial charge in [-0.1, -0.05) is 12.1 Å². The van der Waals surface area contributed by atoms with Gasteiger partial charge in [-0.3, -0.25) is 14.5 Å². The van der Waals surface area contributed by atoms with Gasteiger partial charge in [-0.15, -0.1) is 0 Å². The van der Waals surface area contributed by atoms with Gasteiger partial charge in [0.05, 0.1) is 6.54 Å². The smallest absolute Gasteiger partial charge is 0.324 e. The number of nitrogens with zero attached hydrogens (tertiary/aromatic N) is 2. The molecule has 4 amide bonds. The second-order valence-electron chi connectivity index (χ2n) is 6.80. The van der Waals surface area contributed by atoms with Crippen LogP contribution in [0.4, 0.5) is 9.18 Å². The van der Waals surface area contributed by atoms with Gasteiger partial charge in [0.2, 0.25) is 5.91 Å². The van der Waals surface area contributed by atoms with Crippen molar-refractivity contribution >= 4 is 17.8 Å². The number of rotatable bonds is 8. The van der Waals surface area contributed by atoms with Crippen molar-refractivity contribution in [1.29, 1.82) is 0 Å². The molecule has 2 N–H and O–H groups in total. The topological polar surface area (TPSA) is 83.4 Å². The molecule has 2 heterocycles. The lowest BCUT2D eigenvalue weighted by Gasteiger charge is -2.13. The molecule has 7 nitrogen and oxygen atoms in total. The maximum Gasteiger partial charge on any atom is 0.324 e. The average molecular weight is 386 g/mol. The standard InChI is InChI=1S/C20H23FN4O3/c1-24-10-3-6-16(24)13-22-18(26)8-7-17-19(27)25(20(28)23-17)11-9-14-4-2-5-15(21)12-14/h2-6,10,12,17H,7-9,11,13H2,1H3,(H,22,26)(H,23,28)/t17-/m0/s1. The highest BCUT2D eigenvalue weighted by molar-refractivity contribution is 6.04. The Morgan fingerprint density at radius 2 is 2.07 bits per heavy atom. The highest BCUT2D eigenvalue weighted by Gasteiger charge is 2.37. The number of halogens is 1. The molecule has 0 unspecified atom stereocenters. The van der Waals surface area contributed by atoms with Crippen molar-refractivity contribution in [3.8, 4) is 0 Å². The lowest BCUT2D eigenvalue weighted by atomic mass is 10.1. The number of amides is 4. The normalized spacial score (nSPS) is 16.4. The number of benzene rings is 1. The van der Waals surface area contributed by atoms with E-state index >= 15 is 0 Å². The van der Waals surface area contributed by atoms with E-state index in [1.807, 2.05) is 29.9 Å². The summed E-state index contributed by atoms with van der Waals surface area (Å²) < 4.78 is 15.1. The number of hydrogen-bond acceptors (Lipinski definition) is 3. The van der Waals surface area contributed by atoms with Crippen LogP contribution < -0.4 is 10.6 Å². The molecular formula is C20H23FN4O3. The molecule has 0 bridgehead atoms. The summed E-state index contributed by atoms with van der Waals surface area (Å²) in [5.41, 5.74) is 1.69. The summed E-state index contributed by atoms with van der Waals surface area (Å²) in [6.45, 7) is 0.581. The van der Waals surface area contributed by atoms with Gasteiger partial charge in [-0.25, -0.2) is 9.18 Å². The fraction of sp³-hybridized carbons (Fsp3) is 0.350. The highest BCUT2D eigenvalue weighted by atomic mass is 19.1. The van der Waals surface area contributed by atoms with E-state index in [1.165, 1.54) is 12.1 Å². The minimum absolute atomic E-state index is 0.138. The Kier molecular flexibility index (Phi) is 6.08. The first-order chi connectivity index (χ1) is 13.4. The van der Waals surface area contributed by atoms with Gasteiger partial charge < -0.3 is 15.2 Å². The van der Waals surface area contributed by atoms with Gasteiger partial charge >= 0.3 is 6.03 Å². The summed E-state index contributed by atoms with van der Waals surface area (Å²) in [5, 5.41) is 5.42. The molecular weight excluding hydrogens is 363 g/mol. The molecule has 1 aliphatic heterocycles. The van der Waals surface area contributed by atoms with Crippen molar-refractivity contribution in [2.75, 3.05) is 6.54 Å². The van der Waals surface area contributed by atoms with E-state index in [2.05, 4.69) is 10.6 Å². The molecule has 8 heteroatoms. The van der Waals surface area contributed by atoms with Crippen molar-refractivity contribution in [2.24, 2.45) is 7.05 Å². The van der Waals surface area contributed by atoms with Crippen molar-refractivity contribution in [1.82, 2.24) is 20.1 Å². The molecule has 1 aromatic heterocycles. The van der Waals surface area contributed by atoms with Crippen LogP contribution in [0.1, 0.15) is 24.1 Å². The van der Waals surface area contributed by atoms with Crippen LogP contribution in [0.25, 0.3) is 0 Å². The van der Waals surface area contributed by atoms with Crippen LogP contribution in [0.3, 0.4) is 0 Å². The second-order valence-corrected chi connectivity index (χ2v) is 6.80. The molecule has 1 atom stereocenters. The van der Waals surface area contributed by atoms with E-state index in [4.69, 9.17) is 0 Å². The molecule has 3 rings (SSSR count). The molecule has 0 radical (unpaired) electrons. The third-order valence-electron chi connectivity index (χ3n) is 4.80. The summed E-state index contributed by atoms with van der Waals surface area (Å²) in [4.78, 5) is 37.7. The highest BCUT2D eigenvalue weighted by Crippen LogP contribution is 2.13. The molecule has 2 aromatic rings. The lowest BCUT2D eigenvalue weighted by molar-refractivity contribution is -0.127. The van der Waals surface area contributed by atoms with E-state index in [9.17, 15) is 18.8 Å². The number of aryl methyl sites for hydroxylation is 1. The van der Waals surface area contributed by atoms with Gasteiger partial charge in [0.25, 0.3) is 5.91 Å². The first kappa shape index (κ1) is 19.6.